The number of piperazine rings is 1. The molecule has 2 saturated heterocycles. The molecule has 2 heterocycles. The van der Waals surface area contributed by atoms with Gasteiger partial charge in [0, 0.05) is 38.8 Å². The predicted octanol–water partition coefficient (Wildman–Crippen LogP) is 2.16. The maximum atomic E-state index is 12.4. The first-order valence-corrected chi connectivity index (χ1v) is 8.29. The lowest BCUT2D eigenvalue weighted by Gasteiger charge is -2.37. The van der Waals surface area contributed by atoms with Crippen molar-refractivity contribution in [1.29, 1.82) is 0 Å². The van der Waals surface area contributed by atoms with Gasteiger partial charge in [0.1, 0.15) is 0 Å². The number of hydrogen-bond acceptors (Lipinski definition) is 3. The van der Waals surface area contributed by atoms with E-state index in [1.54, 1.807) is 6.07 Å². The van der Waals surface area contributed by atoms with Crippen molar-refractivity contribution in [3.63, 3.8) is 0 Å². The van der Waals surface area contributed by atoms with Gasteiger partial charge in [0.25, 0.3) is 0 Å². The van der Waals surface area contributed by atoms with E-state index in [1.807, 2.05) is 24.0 Å². The zero-order chi connectivity index (χ0) is 15.5. The molecule has 0 bridgehead atoms. The average Bonchev–Trinajstić information content (AvgIpc) is 3.05. The lowest BCUT2D eigenvalue weighted by molar-refractivity contribution is 0.119. The molecule has 0 saturated carbocycles. The van der Waals surface area contributed by atoms with Crippen molar-refractivity contribution in [1.82, 2.24) is 15.1 Å². The first kappa shape index (κ1) is 15.6. The van der Waals surface area contributed by atoms with E-state index >= 15 is 0 Å². The fraction of sp³-hybridized carbons (Fsp3) is 0.562. The first-order valence-electron chi connectivity index (χ1n) is 7.91. The van der Waals surface area contributed by atoms with Crippen molar-refractivity contribution in [2.24, 2.45) is 0 Å². The molecular formula is C16H23ClN4O. The van der Waals surface area contributed by atoms with Crippen molar-refractivity contribution in [2.45, 2.75) is 19.4 Å². The molecule has 120 valence electrons. The predicted molar refractivity (Wildman–Crippen MR) is 89.6 cm³/mol. The molecule has 3 rings (SSSR count). The van der Waals surface area contributed by atoms with Crippen LogP contribution in [0.25, 0.3) is 0 Å². The molecule has 2 aliphatic rings. The number of aryl methyl sites for hydroxylation is 1. The molecule has 1 aromatic carbocycles. The highest BCUT2D eigenvalue weighted by Crippen LogP contribution is 2.25. The number of nitrogens with zero attached hydrogens (tertiary/aromatic N) is 2. The van der Waals surface area contributed by atoms with Gasteiger partial charge in [-0.05, 0) is 31.5 Å². The largest absolute Gasteiger partial charge is 0.322 e. The van der Waals surface area contributed by atoms with Gasteiger partial charge in [-0.1, -0.05) is 23.7 Å². The zero-order valence-electron chi connectivity index (χ0n) is 12.9. The molecule has 0 radical (unpaired) electrons. The Morgan fingerprint density at radius 2 is 2.09 bits per heavy atom. The van der Waals surface area contributed by atoms with Crippen molar-refractivity contribution in [3.05, 3.63) is 28.8 Å². The van der Waals surface area contributed by atoms with E-state index in [1.165, 1.54) is 6.42 Å². The number of carbonyl (C=O) groups is 1. The van der Waals surface area contributed by atoms with Crippen LogP contribution in [0.1, 0.15) is 12.0 Å². The Kier molecular flexibility index (Phi) is 4.86. The van der Waals surface area contributed by atoms with Crippen LogP contribution in [0.15, 0.2) is 18.2 Å². The second-order valence-electron chi connectivity index (χ2n) is 6.03. The van der Waals surface area contributed by atoms with Crippen LogP contribution in [0, 0.1) is 6.92 Å². The van der Waals surface area contributed by atoms with E-state index < -0.39 is 0 Å². The number of rotatable bonds is 2. The Morgan fingerprint density at radius 3 is 2.73 bits per heavy atom. The van der Waals surface area contributed by atoms with Crippen LogP contribution in [-0.2, 0) is 0 Å². The molecule has 2 N–H and O–H groups in total. The molecule has 0 aromatic heterocycles. The second kappa shape index (κ2) is 6.86. The fourth-order valence-electron chi connectivity index (χ4n) is 3.22. The average molecular weight is 323 g/mol. The summed E-state index contributed by atoms with van der Waals surface area (Å²) in [5.41, 5.74) is 1.70. The number of benzene rings is 1. The van der Waals surface area contributed by atoms with Crippen molar-refractivity contribution >= 4 is 23.3 Å². The highest BCUT2D eigenvalue weighted by atomic mass is 35.5. The van der Waals surface area contributed by atoms with E-state index in [-0.39, 0.29) is 6.03 Å². The van der Waals surface area contributed by atoms with Crippen LogP contribution < -0.4 is 10.6 Å². The normalized spacial score (nSPS) is 22.8. The summed E-state index contributed by atoms with van der Waals surface area (Å²) in [6.07, 6.45) is 1.21. The van der Waals surface area contributed by atoms with Gasteiger partial charge in [-0.3, -0.25) is 4.90 Å². The third-order valence-electron chi connectivity index (χ3n) is 4.61. The molecule has 2 amide bonds. The summed E-state index contributed by atoms with van der Waals surface area (Å²) >= 11 is 6.17. The van der Waals surface area contributed by atoms with Crippen molar-refractivity contribution < 1.29 is 4.79 Å². The number of urea groups is 1. The van der Waals surface area contributed by atoms with E-state index in [0.29, 0.717) is 11.1 Å². The van der Waals surface area contributed by atoms with Gasteiger partial charge in [0.05, 0.1) is 10.7 Å². The summed E-state index contributed by atoms with van der Waals surface area (Å²) < 4.78 is 0. The maximum absolute atomic E-state index is 12.4. The lowest BCUT2D eigenvalue weighted by Crippen LogP contribution is -2.53. The summed E-state index contributed by atoms with van der Waals surface area (Å²) in [5.74, 6) is 0. The van der Waals surface area contributed by atoms with Gasteiger partial charge in [-0.15, -0.1) is 0 Å². The third-order valence-corrected chi connectivity index (χ3v) is 4.92. The van der Waals surface area contributed by atoms with Crippen LogP contribution in [0.2, 0.25) is 5.02 Å². The van der Waals surface area contributed by atoms with Gasteiger partial charge in [0.15, 0.2) is 0 Å². The monoisotopic (exact) mass is 322 g/mol. The Bertz CT molecular complexity index is 517. The van der Waals surface area contributed by atoms with Gasteiger partial charge in [-0.25, -0.2) is 4.79 Å². The standard InChI is InChI=1S/C16H23ClN4O/c1-12-3-2-4-14(17)15(12)19-16(22)21-9-7-20(8-10-21)13-5-6-18-11-13/h2-4,13,18H,5-11H2,1H3,(H,19,22). The molecule has 6 heteroatoms. The number of amides is 2. The number of para-hydroxylation sites is 1. The Morgan fingerprint density at radius 1 is 1.32 bits per heavy atom. The molecule has 1 aromatic rings. The smallest absolute Gasteiger partial charge is 0.321 e. The van der Waals surface area contributed by atoms with Gasteiger partial charge >= 0.3 is 6.03 Å². The quantitative estimate of drug-likeness (QED) is 0.877. The van der Waals surface area contributed by atoms with Crippen LogP contribution >= 0.6 is 11.6 Å². The molecule has 1 atom stereocenters. The summed E-state index contributed by atoms with van der Waals surface area (Å²) in [5, 5.41) is 6.94. The molecule has 5 nitrogen and oxygen atoms in total. The SMILES string of the molecule is Cc1cccc(Cl)c1NC(=O)N1CCN(C2CCNC2)CC1. The number of halogens is 1. The highest BCUT2D eigenvalue weighted by Gasteiger charge is 2.28. The summed E-state index contributed by atoms with van der Waals surface area (Å²) in [7, 11) is 0. The van der Waals surface area contributed by atoms with Crippen LogP contribution in [0.5, 0.6) is 0 Å². The van der Waals surface area contributed by atoms with Crippen molar-refractivity contribution in [2.75, 3.05) is 44.6 Å². The Labute approximate surface area is 136 Å². The minimum absolute atomic E-state index is 0.0552. The highest BCUT2D eigenvalue weighted by molar-refractivity contribution is 6.33. The number of anilines is 1. The molecular weight excluding hydrogens is 300 g/mol. The minimum Gasteiger partial charge on any atom is -0.322 e. The van der Waals surface area contributed by atoms with E-state index in [0.717, 1.165) is 50.5 Å². The molecule has 2 aliphatic heterocycles. The fourth-order valence-corrected chi connectivity index (χ4v) is 3.49. The van der Waals surface area contributed by atoms with Gasteiger partial charge < -0.3 is 15.5 Å². The van der Waals surface area contributed by atoms with E-state index in [9.17, 15) is 4.79 Å². The maximum Gasteiger partial charge on any atom is 0.321 e. The number of hydrogen-bond donors (Lipinski definition) is 2. The molecule has 1 unspecified atom stereocenters. The van der Waals surface area contributed by atoms with Crippen LogP contribution in [-0.4, -0.2) is 61.1 Å². The van der Waals surface area contributed by atoms with E-state index in [4.69, 9.17) is 11.6 Å². The van der Waals surface area contributed by atoms with Crippen molar-refractivity contribution in [3.8, 4) is 0 Å². The van der Waals surface area contributed by atoms with E-state index in [2.05, 4.69) is 15.5 Å². The van der Waals surface area contributed by atoms with Gasteiger partial charge in [-0.2, -0.15) is 0 Å². The molecule has 0 aliphatic carbocycles. The number of carbonyl (C=O) groups excluding carboxylic acids is 1. The Balaban J connectivity index is 1.55. The second-order valence-corrected chi connectivity index (χ2v) is 6.44. The van der Waals surface area contributed by atoms with Crippen LogP contribution in [0.4, 0.5) is 10.5 Å². The molecule has 2 fully saturated rings. The molecule has 22 heavy (non-hydrogen) atoms. The minimum atomic E-state index is -0.0552. The number of nitrogens with one attached hydrogen (secondary N) is 2. The summed E-state index contributed by atoms with van der Waals surface area (Å²) in [6, 6.07) is 6.22. The van der Waals surface area contributed by atoms with Crippen LogP contribution in [0.3, 0.4) is 0 Å². The Hall–Kier alpha value is -1.30. The first-order chi connectivity index (χ1) is 10.6. The lowest BCUT2D eigenvalue weighted by atomic mass is 10.2. The zero-order valence-corrected chi connectivity index (χ0v) is 13.7. The third kappa shape index (κ3) is 3.37. The van der Waals surface area contributed by atoms with Gasteiger partial charge in [0.2, 0.25) is 0 Å². The molecule has 0 spiro atoms. The summed E-state index contributed by atoms with van der Waals surface area (Å²) in [6.45, 7) is 7.56. The topological polar surface area (TPSA) is 47.6 Å². The summed E-state index contributed by atoms with van der Waals surface area (Å²) in [4.78, 5) is 16.8.